The molecule has 0 spiro atoms. The summed E-state index contributed by atoms with van der Waals surface area (Å²) in [6, 6.07) is 0. The van der Waals surface area contributed by atoms with E-state index in [1.807, 2.05) is 0 Å². The Kier molecular flexibility index (Phi) is 6.01. The second-order valence-electron chi connectivity index (χ2n) is 4.54. The second-order valence-corrected chi connectivity index (χ2v) is 4.54. The van der Waals surface area contributed by atoms with Crippen molar-refractivity contribution in [3.05, 3.63) is 12.2 Å². The van der Waals surface area contributed by atoms with Gasteiger partial charge in [0, 0.05) is 26.4 Å². The van der Waals surface area contributed by atoms with Gasteiger partial charge in [-0.1, -0.05) is 12.2 Å². The van der Waals surface area contributed by atoms with Crippen molar-refractivity contribution in [2.24, 2.45) is 0 Å². The van der Waals surface area contributed by atoms with Crippen LogP contribution in [0.4, 0.5) is 0 Å². The van der Waals surface area contributed by atoms with Gasteiger partial charge in [0.1, 0.15) is 11.9 Å². The number of carbonyl (C=O) groups is 2. The van der Waals surface area contributed by atoms with Crippen molar-refractivity contribution >= 4 is 11.8 Å². The number of allylic oxidation sites excluding steroid dienone is 1. The summed E-state index contributed by atoms with van der Waals surface area (Å²) in [7, 11) is 1.54. The Bertz CT molecular complexity index is 323. The van der Waals surface area contributed by atoms with Gasteiger partial charge >= 0.3 is 5.97 Å². The highest BCUT2D eigenvalue weighted by Crippen LogP contribution is 2.13. The number of carbonyl (C=O) groups excluding carboxylic acids is 2. The molecular formula is C13H20O5. The quantitative estimate of drug-likeness (QED) is 0.559. The van der Waals surface area contributed by atoms with E-state index in [9.17, 15) is 14.7 Å². The Morgan fingerprint density at radius 2 is 2.11 bits per heavy atom. The molecule has 0 amide bonds. The van der Waals surface area contributed by atoms with E-state index in [1.165, 1.54) is 13.2 Å². The van der Waals surface area contributed by atoms with E-state index in [0.717, 1.165) is 0 Å². The van der Waals surface area contributed by atoms with Gasteiger partial charge in [0.15, 0.2) is 0 Å². The first kappa shape index (κ1) is 14.9. The summed E-state index contributed by atoms with van der Waals surface area (Å²) in [6.07, 6.45) is 2.50. The third-order valence-electron chi connectivity index (χ3n) is 2.80. The number of esters is 1. The number of ether oxygens (including phenoxy) is 2. The van der Waals surface area contributed by atoms with E-state index in [4.69, 9.17) is 9.47 Å². The predicted octanol–water partition coefficient (Wildman–Crippen LogP) is 0.993. The number of aliphatic hydroxyl groups is 1. The lowest BCUT2D eigenvalue weighted by Gasteiger charge is -2.20. The average molecular weight is 256 g/mol. The number of Topliss-reactive ketones (excluding diaryl/α,β-unsaturated/α-hetero) is 1. The molecule has 3 atom stereocenters. The zero-order valence-electron chi connectivity index (χ0n) is 10.8. The van der Waals surface area contributed by atoms with E-state index in [0.29, 0.717) is 12.8 Å². The highest BCUT2D eigenvalue weighted by Gasteiger charge is 2.20. The Morgan fingerprint density at radius 3 is 2.78 bits per heavy atom. The summed E-state index contributed by atoms with van der Waals surface area (Å²) in [5.74, 6) is -0.397. The molecule has 0 unspecified atom stereocenters. The molecular weight excluding hydrogens is 236 g/mol. The van der Waals surface area contributed by atoms with Gasteiger partial charge < -0.3 is 14.6 Å². The van der Waals surface area contributed by atoms with Crippen molar-refractivity contribution in [1.82, 2.24) is 0 Å². The largest absolute Gasteiger partial charge is 0.462 e. The minimum absolute atomic E-state index is 0.0457. The Balaban J connectivity index is 2.71. The van der Waals surface area contributed by atoms with Gasteiger partial charge in [-0.05, 0) is 6.92 Å². The first-order chi connectivity index (χ1) is 8.51. The lowest BCUT2D eigenvalue weighted by molar-refractivity contribution is -0.151. The van der Waals surface area contributed by atoms with Gasteiger partial charge in [-0.2, -0.15) is 0 Å². The van der Waals surface area contributed by atoms with Gasteiger partial charge in [0.2, 0.25) is 0 Å². The molecule has 102 valence electrons. The van der Waals surface area contributed by atoms with Crippen LogP contribution >= 0.6 is 0 Å². The van der Waals surface area contributed by atoms with Crippen LogP contribution in [0, 0.1) is 0 Å². The summed E-state index contributed by atoms with van der Waals surface area (Å²) in [5.41, 5.74) is 0. The van der Waals surface area contributed by atoms with Crippen molar-refractivity contribution in [3.63, 3.8) is 0 Å². The van der Waals surface area contributed by atoms with Crippen molar-refractivity contribution < 1.29 is 24.2 Å². The van der Waals surface area contributed by atoms with Crippen LogP contribution in [0.1, 0.15) is 32.6 Å². The van der Waals surface area contributed by atoms with Crippen LogP contribution in [-0.2, 0) is 19.1 Å². The first-order valence-corrected chi connectivity index (χ1v) is 6.10. The van der Waals surface area contributed by atoms with Gasteiger partial charge in [0.05, 0.1) is 18.6 Å². The fourth-order valence-electron chi connectivity index (χ4n) is 1.89. The van der Waals surface area contributed by atoms with Crippen LogP contribution in [0.3, 0.4) is 0 Å². The van der Waals surface area contributed by atoms with Crippen LogP contribution in [0.25, 0.3) is 0 Å². The van der Waals surface area contributed by atoms with Crippen molar-refractivity contribution in [1.29, 1.82) is 0 Å². The topological polar surface area (TPSA) is 72.8 Å². The standard InChI is InChI=1S/C13H20O5/c1-9-6-12(17-2)7-10(14)4-3-5-11(15)8-13(16)18-9/h3,5,9,11-12,15H,4,6-8H2,1-2H3/b5-3+/t9-,11-,12+/m1/s1. The minimum Gasteiger partial charge on any atom is -0.462 e. The van der Waals surface area contributed by atoms with Crippen molar-refractivity contribution in [2.75, 3.05) is 7.11 Å². The molecule has 0 aliphatic carbocycles. The third kappa shape index (κ3) is 5.42. The number of methoxy groups -OCH3 is 1. The lowest BCUT2D eigenvalue weighted by atomic mass is 10.0. The molecule has 5 heteroatoms. The molecule has 0 saturated carbocycles. The zero-order chi connectivity index (χ0) is 13.5. The number of ketones is 1. The summed E-state index contributed by atoms with van der Waals surface area (Å²) in [4.78, 5) is 23.1. The van der Waals surface area contributed by atoms with Gasteiger partial charge in [-0.15, -0.1) is 0 Å². The minimum atomic E-state index is -0.893. The monoisotopic (exact) mass is 256 g/mol. The molecule has 5 nitrogen and oxygen atoms in total. The predicted molar refractivity (Wildman–Crippen MR) is 65.0 cm³/mol. The normalized spacial score (nSPS) is 33.2. The van der Waals surface area contributed by atoms with Gasteiger partial charge in [-0.25, -0.2) is 0 Å². The summed E-state index contributed by atoms with van der Waals surface area (Å²) in [6.45, 7) is 1.75. The first-order valence-electron chi connectivity index (χ1n) is 6.10. The number of rotatable bonds is 1. The van der Waals surface area contributed by atoms with Crippen molar-refractivity contribution in [3.8, 4) is 0 Å². The summed E-state index contributed by atoms with van der Waals surface area (Å²) < 4.78 is 10.3. The molecule has 1 aliphatic rings. The summed E-state index contributed by atoms with van der Waals surface area (Å²) in [5, 5.41) is 9.51. The molecule has 1 N–H and O–H groups in total. The fraction of sp³-hybridized carbons (Fsp3) is 0.692. The van der Waals surface area contributed by atoms with Crippen LogP contribution in [0.15, 0.2) is 12.2 Å². The second kappa shape index (κ2) is 7.28. The maximum atomic E-state index is 11.6. The van der Waals surface area contributed by atoms with Crippen LogP contribution in [-0.4, -0.2) is 42.3 Å². The molecule has 18 heavy (non-hydrogen) atoms. The zero-order valence-corrected chi connectivity index (χ0v) is 10.8. The molecule has 0 aromatic heterocycles. The molecule has 1 aliphatic heterocycles. The number of cyclic esters (lactones) is 1. The smallest absolute Gasteiger partial charge is 0.309 e. The molecule has 0 radical (unpaired) electrons. The van der Waals surface area contributed by atoms with Gasteiger partial charge in [0.25, 0.3) is 0 Å². The fourth-order valence-corrected chi connectivity index (χ4v) is 1.89. The van der Waals surface area contributed by atoms with E-state index in [-0.39, 0.29) is 30.8 Å². The summed E-state index contributed by atoms with van der Waals surface area (Å²) >= 11 is 0. The van der Waals surface area contributed by atoms with E-state index in [2.05, 4.69) is 0 Å². The number of hydrogen-bond acceptors (Lipinski definition) is 5. The molecule has 0 bridgehead atoms. The molecule has 0 saturated heterocycles. The highest BCUT2D eigenvalue weighted by atomic mass is 16.5. The van der Waals surface area contributed by atoms with Crippen LogP contribution in [0.2, 0.25) is 0 Å². The van der Waals surface area contributed by atoms with E-state index < -0.39 is 12.1 Å². The Labute approximate surface area is 107 Å². The van der Waals surface area contributed by atoms with Crippen molar-refractivity contribution in [2.45, 2.75) is 50.9 Å². The molecule has 0 fully saturated rings. The molecule has 0 aromatic rings. The SMILES string of the molecule is CO[C@@H]1CC(=O)C/C=C/[C@@H](O)CC(=O)O[C@H](C)C1. The molecule has 1 rings (SSSR count). The van der Waals surface area contributed by atoms with Crippen LogP contribution < -0.4 is 0 Å². The number of hydrogen-bond donors (Lipinski definition) is 1. The number of aliphatic hydroxyl groups excluding tert-OH is 1. The highest BCUT2D eigenvalue weighted by molar-refractivity contribution is 5.80. The lowest BCUT2D eigenvalue weighted by Crippen LogP contribution is -2.26. The molecule has 0 aromatic carbocycles. The molecule has 1 heterocycles. The Hall–Kier alpha value is -1.20. The van der Waals surface area contributed by atoms with E-state index >= 15 is 0 Å². The van der Waals surface area contributed by atoms with E-state index in [1.54, 1.807) is 13.0 Å². The maximum Gasteiger partial charge on any atom is 0.309 e. The third-order valence-corrected chi connectivity index (χ3v) is 2.80. The Morgan fingerprint density at radius 1 is 1.39 bits per heavy atom. The maximum absolute atomic E-state index is 11.6. The van der Waals surface area contributed by atoms with Gasteiger partial charge in [-0.3, -0.25) is 9.59 Å². The van der Waals surface area contributed by atoms with Crippen LogP contribution in [0.5, 0.6) is 0 Å². The average Bonchev–Trinajstić information content (AvgIpc) is 2.26.